The molecule has 0 aliphatic heterocycles. The lowest BCUT2D eigenvalue weighted by Gasteiger charge is -2.13. The van der Waals surface area contributed by atoms with E-state index in [1.54, 1.807) is 7.05 Å². The van der Waals surface area contributed by atoms with Crippen molar-refractivity contribution in [2.24, 2.45) is 4.99 Å². The minimum absolute atomic E-state index is 0.124. The maximum Gasteiger partial charge on any atom is 0.213 e. The summed E-state index contributed by atoms with van der Waals surface area (Å²) < 4.78 is 7.84. The number of hydrogen-bond acceptors (Lipinski definition) is 4. The molecule has 0 bridgehead atoms. The molecule has 154 valence electrons. The fourth-order valence-corrected chi connectivity index (χ4v) is 3.16. The van der Waals surface area contributed by atoms with Crippen LogP contribution in [0, 0.1) is 6.92 Å². The molecule has 2 aromatic heterocycles. The number of guanidine groups is 1. The highest BCUT2D eigenvalue weighted by Gasteiger charge is 2.06. The zero-order valence-corrected chi connectivity index (χ0v) is 17.6. The van der Waals surface area contributed by atoms with Crippen molar-refractivity contribution in [1.29, 1.82) is 0 Å². The molecule has 7 heteroatoms. The number of nitrogens with zero attached hydrogens (tertiary/aromatic N) is 4. The number of ether oxygens (including phenoxy) is 1. The van der Waals surface area contributed by atoms with Gasteiger partial charge in [-0.1, -0.05) is 18.2 Å². The molecule has 3 rings (SSSR count). The second-order valence-corrected chi connectivity index (χ2v) is 7.18. The Morgan fingerprint density at radius 1 is 1.17 bits per heavy atom. The number of aromatic nitrogens is 3. The molecule has 0 unspecified atom stereocenters. The molecule has 0 radical (unpaired) electrons. The molecule has 1 aromatic carbocycles. The van der Waals surface area contributed by atoms with Crippen LogP contribution in [0.5, 0.6) is 5.88 Å². The first-order valence-electron chi connectivity index (χ1n) is 10.0. The first kappa shape index (κ1) is 20.6. The molecule has 0 aliphatic carbocycles. The van der Waals surface area contributed by atoms with Crippen molar-refractivity contribution in [1.82, 2.24) is 25.2 Å². The highest BCUT2D eigenvalue weighted by atomic mass is 16.5. The van der Waals surface area contributed by atoms with Gasteiger partial charge in [0.2, 0.25) is 5.88 Å². The maximum absolute atomic E-state index is 5.57. The molecule has 7 nitrogen and oxygen atoms in total. The Morgan fingerprint density at radius 3 is 2.72 bits per heavy atom. The third kappa shape index (κ3) is 5.70. The molecule has 2 N–H and O–H groups in total. The molecule has 0 saturated carbocycles. The van der Waals surface area contributed by atoms with Gasteiger partial charge in [-0.2, -0.15) is 0 Å². The quantitative estimate of drug-likeness (QED) is 0.348. The number of rotatable bonds is 8. The second kappa shape index (κ2) is 9.91. The van der Waals surface area contributed by atoms with Gasteiger partial charge in [0.05, 0.1) is 17.1 Å². The normalized spacial score (nSPS) is 11.8. The Morgan fingerprint density at radius 2 is 2.00 bits per heavy atom. The minimum Gasteiger partial charge on any atom is -0.475 e. The molecule has 0 fully saturated rings. The smallest absolute Gasteiger partial charge is 0.213 e. The summed E-state index contributed by atoms with van der Waals surface area (Å²) in [5, 5.41) is 6.69. The van der Waals surface area contributed by atoms with Crippen LogP contribution >= 0.6 is 0 Å². The largest absolute Gasteiger partial charge is 0.475 e. The molecule has 0 saturated heterocycles. The van der Waals surface area contributed by atoms with E-state index in [1.807, 2.05) is 38.2 Å². The van der Waals surface area contributed by atoms with Gasteiger partial charge >= 0.3 is 0 Å². The SMILES string of the molecule is CN=C(NCCCn1c(C)nc2ccccc21)NCc1ccc(OC(C)C)nc1. The van der Waals surface area contributed by atoms with E-state index in [4.69, 9.17) is 4.74 Å². The first-order chi connectivity index (χ1) is 14.1. The molecule has 0 spiro atoms. The first-order valence-corrected chi connectivity index (χ1v) is 10.0. The topological polar surface area (TPSA) is 76.4 Å². The number of aryl methyl sites for hydroxylation is 2. The lowest BCUT2D eigenvalue weighted by molar-refractivity contribution is 0.232. The third-order valence-corrected chi connectivity index (χ3v) is 4.53. The predicted molar refractivity (Wildman–Crippen MR) is 117 cm³/mol. The number of imidazole rings is 1. The number of pyridine rings is 1. The van der Waals surface area contributed by atoms with Crippen molar-refractivity contribution >= 4 is 17.0 Å². The van der Waals surface area contributed by atoms with Crippen LogP contribution in [0.2, 0.25) is 0 Å². The summed E-state index contributed by atoms with van der Waals surface area (Å²) in [4.78, 5) is 13.2. The van der Waals surface area contributed by atoms with Crippen molar-refractivity contribution in [2.45, 2.75) is 46.4 Å². The van der Waals surface area contributed by atoms with Gasteiger partial charge < -0.3 is 19.9 Å². The summed E-state index contributed by atoms with van der Waals surface area (Å²) in [6.45, 7) is 8.43. The molecule has 29 heavy (non-hydrogen) atoms. The van der Waals surface area contributed by atoms with Crippen LogP contribution < -0.4 is 15.4 Å². The van der Waals surface area contributed by atoms with E-state index in [1.165, 1.54) is 5.52 Å². The summed E-state index contributed by atoms with van der Waals surface area (Å²) in [6.07, 6.45) is 2.92. The number of fused-ring (bicyclic) bond motifs is 1. The van der Waals surface area contributed by atoms with Gasteiger partial charge in [-0.3, -0.25) is 4.99 Å². The fraction of sp³-hybridized carbons (Fsp3) is 0.409. The van der Waals surface area contributed by atoms with Crippen LogP contribution in [0.25, 0.3) is 11.0 Å². The van der Waals surface area contributed by atoms with E-state index in [2.05, 4.69) is 55.3 Å². The van der Waals surface area contributed by atoms with E-state index < -0.39 is 0 Å². The molecular weight excluding hydrogens is 364 g/mol. The molecular formula is C22H30N6O. The maximum atomic E-state index is 5.57. The van der Waals surface area contributed by atoms with Gasteiger partial charge in [0.15, 0.2) is 5.96 Å². The van der Waals surface area contributed by atoms with Gasteiger partial charge in [0.25, 0.3) is 0 Å². The summed E-state index contributed by atoms with van der Waals surface area (Å²) in [5.41, 5.74) is 3.31. The Balaban J connectivity index is 1.44. The molecule has 2 heterocycles. The van der Waals surface area contributed by atoms with Crippen LogP contribution in [0.1, 0.15) is 31.7 Å². The monoisotopic (exact) mass is 394 g/mol. The van der Waals surface area contributed by atoms with Gasteiger partial charge in [-0.15, -0.1) is 0 Å². The number of para-hydroxylation sites is 2. The number of hydrogen-bond donors (Lipinski definition) is 2. The van der Waals surface area contributed by atoms with Gasteiger partial charge in [-0.25, -0.2) is 9.97 Å². The number of aliphatic imine (C=N–C) groups is 1. The molecule has 3 aromatic rings. The number of nitrogens with one attached hydrogen (secondary N) is 2. The Hall–Kier alpha value is -3.09. The number of benzene rings is 1. The van der Waals surface area contributed by atoms with Crippen molar-refractivity contribution in [3.05, 3.63) is 54.0 Å². The van der Waals surface area contributed by atoms with Crippen LogP contribution in [-0.2, 0) is 13.1 Å². The average Bonchev–Trinajstić information content (AvgIpc) is 3.03. The van der Waals surface area contributed by atoms with E-state index in [-0.39, 0.29) is 6.10 Å². The van der Waals surface area contributed by atoms with Crippen LogP contribution in [0.3, 0.4) is 0 Å². The van der Waals surface area contributed by atoms with Crippen LogP contribution in [-0.4, -0.2) is 40.2 Å². The highest BCUT2D eigenvalue weighted by Crippen LogP contribution is 2.15. The lowest BCUT2D eigenvalue weighted by atomic mass is 10.3. The Bertz CT molecular complexity index is 946. The van der Waals surface area contributed by atoms with Gasteiger partial charge in [-0.05, 0) is 44.9 Å². The summed E-state index contributed by atoms with van der Waals surface area (Å²) in [7, 11) is 1.78. The fourth-order valence-electron chi connectivity index (χ4n) is 3.16. The highest BCUT2D eigenvalue weighted by molar-refractivity contribution is 5.79. The summed E-state index contributed by atoms with van der Waals surface area (Å²) >= 11 is 0. The second-order valence-electron chi connectivity index (χ2n) is 7.18. The standard InChI is InChI=1S/C22H30N6O/c1-16(2)29-21-11-10-18(14-25-21)15-26-22(23-4)24-12-7-13-28-17(3)27-19-8-5-6-9-20(19)28/h5-6,8-11,14,16H,7,12-13,15H2,1-4H3,(H2,23,24,26). The molecule has 0 amide bonds. The van der Waals surface area contributed by atoms with E-state index in [0.717, 1.165) is 42.4 Å². The zero-order valence-electron chi connectivity index (χ0n) is 17.6. The van der Waals surface area contributed by atoms with Gasteiger partial charge in [0.1, 0.15) is 5.82 Å². The minimum atomic E-state index is 0.124. The third-order valence-electron chi connectivity index (χ3n) is 4.53. The molecule has 0 aliphatic rings. The lowest BCUT2D eigenvalue weighted by Crippen LogP contribution is -2.37. The van der Waals surface area contributed by atoms with Crippen molar-refractivity contribution in [3.63, 3.8) is 0 Å². The van der Waals surface area contributed by atoms with Crippen LogP contribution in [0.15, 0.2) is 47.6 Å². The predicted octanol–water partition coefficient (Wildman–Crippen LogP) is 3.28. The van der Waals surface area contributed by atoms with Crippen molar-refractivity contribution in [2.75, 3.05) is 13.6 Å². The van der Waals surface area contributed by atoms with Gasteiger partial charge in [0, 0.05) is 38.9 Å². The summed E-state index contributed by atoms with van der Waals surface area (Å²) in [5.74, 6) is 2.47. The van der Waals surface area contributed by atoms with E-state index in [0.29, 0.717) is 12.4 Å². The van der Waals surface area contributed by atoms with Crippen molar-refractivity contribution in [3.8, 4) is 5.88 Å². The van der Waals surface area contributed by atoms with Crippen LogP contribution in [0.4, 0.5) is 0 Å². The van der Waals surface area contributed by atoms with E-state index >= 15 is 0 Å². The average molecular weight is 395 g/mol. The van der Waals surface area contributed by atoms with Crippen molar-refractivity contribution < 1.29 is 4.74 Å². The Kier molecular flexibility index (Phi) is 7.05. The van der Waals surface area contributed by atoms with E-state index in [9.17, 15) is 0 Å². The zero-order chi connectivity index (χ0) is 20.6. The Labute approximate surface area is 172 Å². The molecule has 0 atom stereocenters. The summed E-state index contributed by atoms with van der Waals surface area (Å²) in [6, 6.07) is 12.2.